The predicted octanol–water partition coefficient (Wildman–Crippen LogP) is 1.95. The van der Waals surface area contributed by atoms with Gasteiger partial charge in [-0.3, -0.25) is 4.40 Å². The number of imidazole rings is 1. The molecule has 0 saturated carbocycles. The van der Waals surface area contributed by atoms with Crippen molar-refractivity contribution in [2.75, 3.05) is 5.73 Å². The lowest BCUT2D eigenvalue weighted by Gasteiger charge is -1.95. The van der Waals surface area contributed by atoms with Gasteiger partial charge in [0.15, 0.2) is 5.65 Å². The Labute approximate surface area is 83.8 Å². The molecule has 0 radical (unpaired) electrons. The monoisotopic (exact) mass is 192 g/mol. The highest BCUT2D eigenvalue weighted by Gasteiger charge is 2.04. The van der Waals surface area contributed by atoms with Crippen molar-refractivity contribution in [3.8, 4) is 0 Å². The molecule has 0 unspecified atom stereocenters. The molecule has 0 aromatic carbocycles. The third-order valence-corrected chi connectivity index (χ3v) is 1.83. The smallest absolute Gasteiger partial charge is 0.206 e. The fraction of sp³-hybridized carbons (Fsp3) is 0.400. The molecule has 2 aromatic heterocycles. The van der Waals surface area contributed by atoms with Gasteiger partial charge < -0.3 is 5.73 Å². The van der Waals surface area contributed by atoms with E-state index >= 15 is 0 Å². The highest BCUT2D eigenvalue weighted by Crippen LogP contribution is 2.11. The number of rotatable bonds is 0. The molecule has 0 amide bonds. The van der Waals surface area contributed by atoms with Crippen LogP contribution >= 0.6 is 0 Å². The summed E-state index contributed by atoms with van der Waals surface area (Å²) in [5, 5.41) is 0. The van der Waals surface area contributed by atoms with E-state index < -0.39 is 0 Å². The molecule has 14 heavy (non-hydrogen) atoms. The third-order valence-electron chi connectivity index (χ3n) is 1.83. The standard InChI is InChI=1S/C8H10N4.C2H6/c1-5-3-4-12-7(10-5)6(2)11-8(12)9;1-2/h3-4H,1-2H3,(H2,9,11);1-2H3. The van der Waals surface area contributed by atoms with Gasteiger partial charge in [0.05, 0.1) is 5.69 Å². The zero-order chi connectivity index (χ0) is 10.7. The minimum atomic E-state index is 0.495. The molecule has 4 nitrogen and oxygen atoms in total. The molecule has 4 heteroatoms. The Morgan fingerprint density at radius 1 is 1.21 bits per heavy atom. The Morgan fingerprint density at radius 3 is 2.50 bits per heavy atom. The number of hydrogen-bond acceptors (Lipinski definition) is 3. The molecule has 2 N–H and O–H groups in total. The molecule has 0 atom stereocenters. The summed E-state index contributed by atoms with van der Waals surface area (Å²) in [7, 11) is 0. The number of anilines is 1. The Kier molecular flexibility index (Phi) is 3.06. The molecule has 0 saturated heterocycles. The number of fused-ring (bicyclic) bond motifs is 1. The summed E-state index contributed by atoms with van der Waals surface area (Å²) in [5.74, 6) is 0.495. The first-order chi connectivity index (χ1) is 6.68. The van der Waals surface area contributed by atoms with Crippen LogP contribution in [0.2, 0.25) is 0 Å². The van der Waals surface area contributed by atoms with Gasteiger partial charge in [0, 0.05) is 11.9 Å². The van der Waals surface area contributed by atoms with Crippen LogP contribution in [0.1, 0.15) is 25.2 Å². The van der Waals surface area contributed by atoms with Crippen LogP contribution in [0, 0.1) is 13.8 Å². The SMILES string of the molecule is CC.Cc1ccn2c(N)nc(C)c2n1. The molecule has 2 rings (SSSR count). The van der Waals surface area contributed by atoms with Gasteiger partial charge in [0.2, 0.25) is 5.95 Å². The van der Waals surface area contributed by atoms with E-state index in [0.29, 0.717) is 5.95 Å². The average Bonchev–Trinajstić information content (AvgIpc) is 2.46. The normalized spacial score (nSPS) is 9.71. The van der Waals surface area contributed by atoms with Crippen LogP contribution in [-0.4, -0.2) is 14.4 Å². The Hall–Kier alpha value is -1.58. The van der Waals surface area contributed by atoms with Crippen molar-refractivity contribution in [2.45, 2.75) is 27.7 Å². The fourth-order valence-corrected chi connectivity index (χ4v) is 1.23. The second-order valence-electron chi connectivity index (χ2n) is 2.82. The maximum Gasteiger partial charge on any atom is 0.206 e. The van der Waals surface area contributed by atoms with Gasteiger partial charge in [-0.15, -0.1) is 0 Å². The van der Waals surface area contributed by atoms with Crippen LogP contribution in [-0.2, 0) is 0 Å². The van der Waals surface area contributed by atoms with Gasteiger partial charge in [-0.05, 0) is 19.9 Å². The van der Waals surface area contributed by atoms with Gasteiger partial charge in [0.25, 0.3) is 0 Å². The number of nitrogen functional groups attached to an aromatic ring is 1. The minimum absolute atomic E-state index is 0.495. The van der Waals surface area contributed by atoms with Crippen molar-refractivity contribution in [1.29, 1.82) is 0 Å². The second-order valence-corrected chi connectivity index (χ2v) is 2.82. The zero-order valence-corrected chi connectivity index (χ0v) is 9.07. The predicted molar refractivity (Wildman–Crippen MR) is 58.2 cm³/mol. The largest absolute Gasteiger partial charge is 0.369 e. The number of hydrogen-bond donors (Lipinski definition) is 1. The molecular formula is C10H16N4. The fourth-order valence-electron chi connectivity index (χ4n) is 1.23. The highest BCUT2D eigenvalue weighted by atomic mass is 15.1. The average molecular weight is 192 g/mol. The lowest BCUT2D eigenvalue weighted by atomic mass is 10.4. The Morgan fingerprint density at radius 2 is 1.86 bits per heavy atom. The molecular weight excluding hydrogens is 176 g/mol. The molecule has 0 bridgehead atoms. The van der Waals surface area contributed by atoms with E-state index in [0.717, 1.165) is 17.0 Å². The zero-order valence-electron chi connectivity index (χ0n) is 9.07. The summed E-state index contributed by atoms with van der Waals surface area (Å²) in [5.41, 5.74) is 8.33. The van der Waals surface area contributed by atoms with Crippen molar-refractivity contribution in [2.24, 2.45) is 0 Å². The number of aryl methyl sites for hydroxylation is 2. The van der Waals surface area contributed by atoms with Gasteiger partial charge in [-0.2, -0.15) is 0 Å². The van der Waals surface area contributed by atoms with E-state index in [1.165, 1.54) is 0 Å². The molecule has 2 heterocycles. The number of nitrogens with two attached hydrogens (primary N) is 1. The van der Waals surface area contributed by atoms with Gasteiger partial charge in [0.1, 0.15) is 0 Å². The summed E-state index contributed by atoms with van der Waals surface area (Å²) in [6.45, 7) is 7.85. The molecule has 2 aromatic rings. The van der Waals surface area contributed by atoms with E-state index in [4.69, 9.17) is 5.73 Å². The van der Waals surface area contributed by atoms with Crippen molar-refractivity contribution < 1.29 is 0 Å². The summed E-state index contributed by atoms with van der Waals surface area (Å²) < 4.78 is 1.78. The molecule has 0 fully saturated rings. The van der Waals surface area contributed by atoms with Crippen molar-refractivity contribution >= 4 is 11.6 Å². The van der Waals surface area contributed by atoms with E-state index in [2.05, 4.69) is 9.97 Å². The van der Waals surface area contributed by atoms with E-state index in [9.17, 15) is 0 Å². The van der Waals surface area contributed by atoms with E-state index in [1.807, 2.05) is 40.0 Å². The molecule has 0 spiro atoms. The lowest BCUT2D eigenvalue weighted by molar-refractivity contribution is 1.09. The number of nitrogens with zero attached hydrogens (tertiary/aromatic N) is 3. The summed E-state index contributed by atoms with van der Waals surface area (Å²) in [6, 6.07) is 1.91. The van der Waals surface area contributed by atoms with E-state index in [-0.39, 0.29) is 0 Å². The van der Waals surface area contributed by atoms with Crippen LogP contribution in [0.3, 0.4) is 0 Å². The molecule has 76 valence electrons. The molecule has 0 aliphatic carbocycles. The van der Waals surface area contributed by atoms with Crippen LogP contribution in [0.5, 0.6) is 0 Å². The second kappa shape index (κ2) is 4.09. The molecule has 0 aliphatic rings. The maximum atomic E-state index is 5.64. The maximum absolute atomic E-state index is 5.64. The summed E-state index contributed by atoms with van der Waals surface area (Å²) in [6.07, 6.45) is 1.88. The quantitative estimate of drug-likeness (QED) is 0.694. The summed E-state index contributed by atoms with van der Waals surface area (Å²) in [4.78, 5) is 8.43. The van der Waals surface area contributed by atoms with Crippen LogP contribution < -0.4 is 5.73 Å². The highest BCUT2D eigenvalue weighted by molar-refractivity contribution is 5.50. The van der Waals surface area contributed by atoms with Crippen LogP contribution in [0.4, 0.5) is 5.95 Å². The van der Waals surface area contributed by atoms with Gasteiger partial charge >= 0.3 is 0 Å². The van der Waals surface area contributed by atoms with Gasteiger partial charge in [-0.1, -0.05) is 13.8 Å². The minimum Gasteiger partial charge on any atom is -0.369 e. The van der Waals surface area contributed by atoms with Gasteiger partial charge in [-0.25, -0.2) is 9.97 Å². The Balaban J connectivity index is 0.000000461. The molecule has 0 aliphatic heterocycles. The van der Waals surface area contributed by atoms with Crippen molar-refractivity contribution in [1.82, 2.24) is 14.4 Å². The lowest BCUT2D eigenvalue weighted by Crippen LogP contribution is -1.95. The topological polar surface area (TPSA) is 56.2 Å². The first-order valence-corrected chi connectivity index (χ1v) is 4.76. The summed E-state index contributed by atoms with van der Waals surface area (Å²) >= 11 is 0. The van der Waals surface area contributed by atoms with Crippen LogP contribution in [0.25, 0.3) is 5.65 Å². The van der Waals surface area contributed by atoms with E-state index in [1.54, 1.807) is 4.40 Å². The third kappa shape index (κ3) is 1.69. The Bertz CT molecular complexity index is 431. The number of aromatic nitrogens is 3. The van der Waals surface area contributed by atoms with Crippen molar-refractivity contribution in [3.05, 3.63) is 23.7 Å². The van der Waals surface area contributed by atoms with Crippen molar-refractivity contribution in [3.63, 3.8) is 0 Å². The first-order valence-electron chi connectivity index (χ1n) is 4.76. The first kappa shape index (κ1) is 10.5. The van der Waals surface area contributed by atoms with Crippen LogP contribution in [0.15, 0.2) is 12.3 Å².